The molecule has 0 aliphatic carbocycles. The molecule has 0 unspecified atom stereocenters. The molecule has 162 valence electrons. The van der Waals surface area contributed by atoms with Gasteiger partial charge in [-0.05, 0) is 25.1 Å². The second kappa shape index (κ2) is 9.01. The van der Waals surface area contributed by atoms with E-state index >= 15 is 0 Å². The molecule has 2 heterocycles. The van der Waals surface area contributed by atoms with Crippen molar-refractivity contribution in [2.45, 2.75) is 11.8 Å². The number of nitrogens with one attached hydrogen (secondary N) is 1. The molecule has 1 aliphatic rings. The summed E-state index contributed by atoms with van der Waals surface area (Å²) in [5, 5.41) is 9.47. The molecule has 3 rings (SSSR count). The lowest BCUT2D eigenvalue weighted by atomic mass is 9.98. The summed E-state index contributed by atoms with van der Waals surface area (Å²) in [6.07, 6.45) is 0. The Kier molecular flexibility index (Phi) is 6.41. The summed E-state index contributed by atoms with van der Waals surface area (Å²) in [5.41, 5.74) is 0.132. The average Bonchev–Trinajstić information content (AvgIpc) is 2.72. The summed E-state index contributed by atoms with van der Waals surface area (Å²) < 4.78 is 36.8. The number of sulfonamides is 1. The molecular formula is C20H20N4O6S. The number of methoxy groups -OCH3 is 1. The lowest BCUT2D eigenvalue weighted by Gasteiger charge is -2.39. The van der Waals surface area contributed by atoms with Crippen LogP contribution in [0.1, 0.15) is 22.8 Å². The standard InChI is InChI=1S/C20H20N4O6S/c1-3-30-20(26)16-9-13(10-21)17(22-19(16)29-2)24-11-14(12-24)18(25)23-31(27,28)15-7-5-4-6-8-15/h4-9,14H,3,11-12H2,1-2H3,(H,23,25). The normalized spacial score (nSPS) is 13.6. The highest BCUT2D eigenvalue weighted by Crippen LogP contribution is 2.31. The van der Waals surface area contributed by atoms with E-state index in [0.717, 1.165) is 0 Å². The number of amides is 1. The molecule has 0 spiro atoms. The predicted molar refractivity (Wildman–Crippen MR) is 109 cm³/mol. The second-order valence-corrected chi connectivity index (χ2v) is 8.32. The van der Waals surface area contributed by atoms with Crippen LogP contribution in [0.5, 0.6) is 5.88 Å². The maximum Gasteiger partial charge on any atom is 0.343 e. The van der Waals surface area contributed by atoms with Gasteiger partial charge in [-0.3, -0.25) is 4.79 Å². The van der Waals surface area contributed by atoms with E-state index in [2.05, 4.69) is 9.71 Å². The third-order valence-electron chi connectivity index (χ3n) is 4.62. The Morgan fingerprint density at radius 3 is 2.55 bits per heavy atom. The van der Waals surface area contributed by atoms with Crippen LogP contribution in [0, 0.1) is 17.2 Å². The molecule has 10 nitrogen and oxygen atoms in total. The Bertz CT molecular complexity index is 1140. The lowest BCUT2D eigenvalue weighted by molar-refractivity contribution is -0.123. The van der Waals surface area contributed by atoms with Crippen LogP contribution in [0.15, 0.2) is 41.3 Å². The molecule has 1 aliphatic heterocycles. The molecule has 1 fully saturated rings. The van der Waals surface area contributed by atoms with Crippen LogP contribution in [0.25, 0.3) is 0 Å². The zero-order valence-corrected chi connectivity index (χ0v) is 17.7. The first-order valence-electron chi connectivity index (χ1n) is 9.33. The van der Waals surface area contributed by atoms with Gasteiger partial charge in [-0.1, -0.05) is 18.2 Å². The number of carbonyl (C=O) groups excluding carboxylic acids is 2. The van der Waals surface area contributed by atoms with E-state index in [-0.39, 0.29) is 47.4 Å². The molecule has 1 aromatic heterocycles. The van der Waals surface area contributed by atoms with Gasteiger partial charge >= 0.3 is 5.97 Å². The molecule has 1 aromatic carbocycles. The molecule has 0 saturated carbocycles. The molecule has 2 aromatic rings. The minimum atomic E-state index is -3.96. The predicted octanol–water partition coefficient (Wildman–Crippen LogP) is 1.08. The van der Waals surface area contributed by atoms with Crippen molar-refractivity contribution >= 4 is 27.7 Å². The van der Waals surface area contributed by atoms with Gasteiger partial charge in [0.15, 0.2) is 5.82 Å². The van der Waals surface area contributed by atoms with E-state index in [1.54, 1.807) is 30.0 Å². The largest absolute Gasteiger partial charge is 0.480 e. The van der Waals surface area contributed by atoms with E-state index in [1.807, 2.05) is 6.07 Å². The van der Waals surface area contributed by atoms with Crippen molar-refractivity contribution < 1.29 is 27.5 Å². The molecule has 0 bridgehead atoms. The number of hydrogen-bond donors (Lipinski definition) is 1. The van der Waals surface area contributed by atoms with E-state index in [0.29, 0.717) is 0 Å². The molecule has 0 radical (unpaired) electrons. The molecule has 11 heteroatoms. The van der Waals surface area contributed by atoms with Crippen molar-refractivity contribution in [3.8, 4) is 11.9 Å². The minimum Gasteiger partial charge on any atom is -0.480 e. The number of esters is 1. The van der Waals surface area contributed by atoms with E-state index in [1.165, 1.54) is 25.3 Å². The number of rotatable bonds is 7. The van der Waals surface area contributed by atoms with Crippen molar-refractivity contribution in [1.82, 2.24) is 9.71 Å². The fourth-order valence-electron chi connectivity index (χ4n) is 3.01. The van der Waals surface area contributed by atoms with Gasteiger partial charge in [-0.25, -0.2) is 17.9 Å². The van der Waals surface area contributed by atoms with Gasteiger partial charge < -0.3 is 14.4 Å². The number of carbonyl (C=O) groups is 2. The van der Waals surface area contributed by atoms with Crippen LogP contribution < -0.4 is 14.4 Å². The van der Waals surface area contributed by atoms with Crippen molar-refractivity contribution in [3.05, 3.63) is 47.5 Å². The summed E-state index contributed by atoms with van der Waals surface area (Å²) in [4.78, 5) is 30.3. The first kappa shape index (κ1) is 22.0. The highest BCUT2D eigenvalue weighted by molar-refractivity contribution is 7.90. The number of ether oxygens (including phenoxy) is 2. The highest BCUT2D eigenvalue weighted by atomic mass is 32.2. The van der Waals surface area contributed by atoms with Crippen LogP contribution >= 0.6 is 0 Å². The number of nitriles is 1. The number of hydrogen-bond acceptors (Lipinski definition) is 9. The van der Waals surface area contributed by atoms with Gasteiger partial charge in [0, 0.05) is 13.1 Å². The monoisotopic (exact) mass is 444 g/mol. The first-order chi connectivity index (χ1) is 14.8. The van der Waals surface area contributed by atoms with Crippen LogP contribution in [-0.2, 0) is 19.6 Å². The summed E-state index contributed by atoms with van der Waals surface area (Å²) in [5.74, 6) is -1.69. The molecule has 1 amide bonds. The van der Waals surface area contributed by atoms with Gasteiger partial charge in [0.2, 0.25) is 11.8 Å². The quantitative estimate of drug-likeness (QED) is 0.621. The smallest absolute Gasteiger partial charge is 0.343 e. The fourth-order valence-corrected chi connectivity index (χ4v) is 4.08. The Morgan fingerprint density at radius 2 is 1.97 bits per heavy atom. The van der Waals surface area contributed by atoms with Gasteiger partial charge in [-0.2, -0.15) is 10.2 Å². The number of nitrogens with zero attached hydrogens (tertiary/aromatic N) is 3. The van der Waals surface area contributed by atoms with Gasteiger partial charge in [-0.15, -0.1) is 0 Å². The molecule has 31 heavy (non-hydrogen) atoms. The van der Waals surface area contributed by atoms with Crippen molar-refractivity contribution in [3.63, 3.8) is 0 Å². The summed E-state index contributed by atoms with van der Waals surface area (Å²) >= 11 is 0. The van der Waals surface area contributed by atoms with Crippen molar-refractivity contribution in [1.29, 1.82) is 5.26 Å². The van der Waals surface area contributed by atoms with Gasteiger partial charge in [0.25, 0.3) is 10.0 Å². The van der Waals surface area contributed by atoms with Crippen LogP contribution in [-0.4, -0.2) is 52.1 Å². The number of benzene rings is 1. The van der Waals surface area contributed by atoms with Gasteiger partial charge in [0.1, 0.15) is 11.6 Å². The fraction of sp³-hybridized carbons (Fsp3) is 0.300. The van der Waals surface area contributed by atoms with Crippen LogP contribution in [0.3, 0.4) is 0 Å². The van der Waals surface area contributed by atoms with E-state index < -0.39 is 27.8 Å². The highest BCUT2D eigenvalue weighted by Gasteiger charge is 2.37. The lowest BCUT2D eigenvalue weighted by Crippen LogP contribution is -2.55. The molecule has 1 N–H and O–H groups in total. The number of aromatic nitrogens is 1. The summed E-state index contributed by atoms with van der Waals surface area (Å²) in [7, 11) is -2.63. The van der Waals surface area contributed by atoms with Crippen LogP contribution in [0.4, 0.5) is 5.82 Å². The van der Waals surface area contributed by atoms with Crippen molar-refractivity contribution in [2.24, 2.45) is 5.92 Å². The molecule has 1 saturated heterocycles. The van der Waals surface area contributed by atoms with Crippen LogP contribution in [0.2, 0.25) is 0 Å². The third kappa shape index (κ3) is 4.59. The summed E-state index contributed by atoms with van der Waals surface area (Å²) in [6.45, 7) is 2.11. The summed E-state index contributed by atoms with van der Waals surface area (Å²) in [6, 6.07) is 10.9. The second-order valence-electron chi connectivity index (χ2n) is 6.63. The third-order valence-corrected chi connectivity index (χ3v) is 5.98. The average molecular weight is 444 g/mol. The minimum absolute atomic E-state index is 0.00717. The number of anilines is 1. The van der Waals surface area contributed by atoms with Crippen molar-refractivity contribution in [2.75, 3.05) is 31.7 Å². The zero-order valence-electron chi connectivity index (χ0n) is 16.9. The Morgan fingerprint density at radius 1 is 1.29 bits per heavy atom. The van der Waals surface area contributed by atoms with Gasteiger partial charge in [0.05, 0.1) is 30.1 Å². The Labute approximate surface area is 179 Å². The zero-order chi connectivity index (χ0) is 22.6. The Hall–Kier alpha value is -3.65. The first-order valence-corrected chi connectivity index (χ1v) is 10.8. The van der Waals surface area contributed by atoms with E-state index in [4.69, 9.17) is 9.47 Å². The Balaban J connectivity index is 1.73. The van der Waals surface area contributed by atoms with E-state index in [9.17, 15) is 23.3 Å². The molecule has 0 atom stereocenters. The molecular weight excluding hydrogens is 424 g/mol. The number of pyridine rings is 1. The SMILES string of the molecule is CCOC(=O)c1cc(C#N)c(N2CC(C(=O)NS(=O)(=O)c3ccccc3)C2)nc1OC. The topological polar surface area (TPSA) is 139 Å². The maximum absolute atomic E-state index is 12.4. The maximum atomic E-state index is 12.4.